The van der Waals surface area contributed by atoms with Crippen LogP contribution in [0, 0.1) is 5.92 Å². The molecule has 2 heterocycles. The Labute approximate surface area is 143 Å². The zero-order valence-corrected chi connectivity index (χ0v) is 14.1. The van der Waals surface area contributed by atoms with E-state index in [9.17, 15) is 9.59 Å². The number of hydrogen-bond donors (Lipinski definition) is 2. The van der Waals surface area contributed by atoms with Gasteiger partial charge in [-0.05, 0) is 43.7 Å². The highest BCUT2D eigenvalue weighted by Crippen LogP contribution is 2.35. The van der Waals surface area contributed by atoms with Crippen molar-refractivity contribution in [2.45, 2.75) is 57.5 Å². The van der Waals surface area contributed by atoms with Crippen molar-refractivity contribution in [3.05, 3.63) is 24.2 Å². The van der Waals surface area contributed by atoms with Crippen LogP contribution in [-0.4, -0.2) is 36.0 Å². The van der Waals surface area contributed by atoms with Crippen LogP contribution in [0.1, 0.15) is 50.7 Å². The van der Waals surface area contributed by atoms with Crippen LogP contribution >= 0.6 is 0 Å². The number of piperidine rings is 1. The van der Waals surface area contributed by atoms with Crippen molar-refractivity contribution in [1.82, 2.24) is 15.5 Å². The van der Waals surface area contributed by atoms with Gasteiger partial charge in [0.2, 0.25) is 5.91 Å². The highest BCUT2D eigenvalue weighted by Gasteiger charge is 2.35. The Morgan fingerprint density at radius 1 is 1.17 bits per heavy atom. The Morgan fingerprint density at radius 2 is 2.00 bits per heavy atom. The van der Waals surface area contributed by atoms with Gasteiger partial charge in [0.15, 0.2) is 0 Å². The molecule has 2 aliphatic rings. The smallest absolute Gasteiger partial charge is 0.315 e. The van der Waals surface area contributed by atoms with Crippen LogP contribution in [0.25, 0.3) is 0 Å². The van der Waals surface area contributed by atoms with E-state index < -0.39 is 0 Å². The summed E-state index contributed by atoms with van der Waals surface area (Å²) in [6, 6.07) is 3.76. The Bertz CT molecular complexity index is 542. The average molecular weight is 333 g/mol. The molecule has 6 heteroatoms. The second-order valence-electron chi connectivity index (χ2n) is 6.78. The summed E-state index contributed by atoms with van der Waals surface area (Å²) in [6.45, 7) is 1.60. The summed E-state index contributed by atoms with van der Waals surface area (Å²) in [7, 11) is 0. The topological polar surface area (TPSA) is 74.6 Å². The van der Waals surface area contributed by atoms with Crippen molar-refractivity contribution >= 4 is 11.9 Å². The van der Waals surface area contributed by atoms with Gasteiger partial charge in [-0.25, -0.2) is 4.79 Å². The summed E-state index contributed by atoms with van der Waals surface area (Å²) in [5.41, 5.74) is 0. The monoisotopic (exact) mass is 333 g/mol. The predicted molar refractivity (Wildman–Crippen MR) is 90.3 cm³/mol. The normalized spacial score (nSPS) is 23.4. The fourth-order valence-electron chi connectivity index (χ4n) is 4.00. The largest absolute Gasteiger partial charge is 0.467 e. The first-order valence-electron chi connectivity index (χ1n) is 9.07. The SMILES string of the molecule is O=C(NCCC(=O)N1CCCC2CCCCC21)NCc1ccco1. The number of rotatable bonds is 5. The van der Waals surface area contributed by atoms with Crippen molar-refractivity contribution in [3.63, 3.8) is 0 Å². The maximum absolute atomic E-state index is 12.5. The van der Waals surface area contributed by atoms with Gasteiger partial charge >= 0.3 is 6.03 Å². The standard InChI is InChI=1S/C18H27N3O3/c22-17(21-11-3-6-14-5-1-2-8-16(14)21)9-10-19-18(23)20-13-15-7-4-12-24-15/h4,7,12,14,16H,1-3,5-6,8-11,13H2,(H2,19,20,23). The number of urea groups is 1. The average Bonchev–Trinajstić information content (AvgIpc) is 3.13. The third-order valence-corrected chi connectivity index (χ3v) is 5.19. The molecule has 24 heavy (non-hydrogen) atoms. The fourth-order valence-corrected chi connectivity index (χ4v) is 4.00. The molecule has 0 aromatic carbocycles. The second kappa shape index (κ2) is 8.22. The first-order chi connectivity index (χ1) is 11.7. The maximum atomic E-state index is 12.5. The number of amides is 3. The van der Waals surface area contributed by atoms with Crippen molar-refractivity contribution in [2.24, 2.45) is 5.92 Å². The van der Waals surface area contributed by atoms with Gasteiger partial charge in [0, 0.05) is 25.6 Å². The van der Waals surface area contributed by atoms with Gasteiger partial charge in [-0.1, -0.05) is 12.8 Å². The van der Waals surface area contributed by atoms with E-state index in [-0.39, 0.29) is 11.9 Å². The van der Waals surface area contributed by atoms with Gasteiger partial charge in [-0.15, -0.1) is 0 Å². The lowest BCUT2D eigenvalue weighted by Crippen LogP contribution is -2.50. The van der Waals surface area contributed by atoms with E-state index in [1.807, 2.05) is 0 Å². The molecule has 2 atom stereocenters. The van der Waals surface area contributed by atoms with Gasteiger partial charge < -0.3 is 20.0 Å². The molecular formula is C18H27N3O3. The molecule has 2 unspecified atom stereocenters. The van der Waals surface area contributed by atoms with Crippen molar-refractivity contribution in [3.8, 4) is 0 Å². The predicted octanol–water partition coefficient (Wildman–Crippen LogP) is 2.65. The third-order valence-electron chi connectivity index (χ3n) is 5.19. The number of nitrogens with zero attached hydrogens (tertiary/aromatic N) is 1. The van der Waals surface area contributed by atoms with Gasteiger partial charge in [0.25, 0.3) is 0 Å². The summed E-state index contributed by atoms with van der Waals surface area (Å²) < 4.78 is 5.15. The zero-order valence-electron chi connectivity index (χ0n) is 14.1. The first kappa shape index (κ1) is 16.9. The van der Waals surface area contributed by atoms with Gasteiger partial charge in [0.1, 0.15) is 5.76 Å². The van der Waals surface area contributed by atoms with E-state index >= 15 is 0 Å². The summed E-state index contributed by atoms with van der Waals surface area (Å²) in [6.07, 6.45) is 9.28. The Balaban J connectivity index is 1.37. The molecule has 1 aromatic rings. The molecule has 6 nitrogen and oxygen atoms in total. The number of hydrogen-bond acceptors (Lipinski definition) is 3. The Kier molecular flexibility index (Phi) is 5.77. The van der Waals surface area contributed by atoms with Crippen LogP contribution in [0.2, 0.25) is 0 Å². The van der Waals surface area contributed by atoms with E-state index in [2.05, 4.69) is 15.5 Å². The molecule has 1 aliphatic carbocycles. The molecule has 3 amide bonds. The summed E-state index contributed by atoms with van der Waals surface area (Å²) in [4.78, 5) is 26.3. The summed E-state index contributed by atoms with van der Waals surface area (Å²) >= 11 is 0. The van der Waals surface area contributed by atoms with E-state index in [4.69, 9.17) is 4.42 Å². The molecule has 1 saturated carbocycles. The lowest BCUT2D eigenvalue weighted by atomic mass is 9.78. The first-order valence-corrected chi connectivity index (χ1v) is 9.07. The van der Waals surface area contributed by atoms with Crippen molar-refractivity contribution in [1.29, 1.82) is 0 Å². The zero-order chi connectivity index (χ0) is 16.8. The lowest BCUT2D eigenvalue weighted by molar-refractivity contribution is -0.137. The second-order valence-corrected chi connectivity index (χ2v) is 6.78. The minimum absolute atomic E-state index is 0.179. The molecule has 2 fully saturated rings. The van der Waals surface area contributed by atoms with Crippen LogP contribution in [0.15, 0.2) is 22.8 Å². The van der Waals surface area contributed by atoms with Crippen molar-refractivity contribution < 1.29 is 14.0 Å². The molecule has 0 bridgehead atoms. The molecule has 132 valence electrons. The van der Waals surface area contributed by atoms with Crippen LogP contribution in [0.5, 0.6) is 0 Å². The van der Waals surface area contributed by atoms with Gasteiger partial charge in [-0.2, -0.15) is 0 Å². The molecule has 1 aromatic heterocycles. The molecule has 0 radical (unpaired) electrons. The van der Waals surface area contributed by atoms with Gasteiger partial charge in [-0.3, -0.25) is 4.79 Å². The number of carbonyl (C=O) groups excluding carboxylic acids is 2. The fraction of sp³-hybridized carbons (Fsp3) is 0.667. The van der Waals surface area contributed by atoms with E-state index in [1.165, 1.54) is 25.7 Å². The van der Waals surface area contributed by atoms with Crippen LogP contribution in [0.4, 0.5) is 4.79 Å². The minimum Gasteiger partial charge on any atom is -0.467 e. The highest BCUT2D eigenvalue weighted by atomic mass is 16.3. The van der Waals surface area contributed by atoms with E-state index in [0.29, 0.717) is 37.2 Å². The molecule has 3 rings (SSSR count). The summed E-state index contributed by atoms with van der Waals surface area (Å²) in [5, 5.41) is 5.46. The molecule has 1 aliphatic heterocycles. The molecule has 0 spiro atoms. The van der Waals surface area contributed by atoms with E-state index in [0.717, 1.165) is 19.4 Å². The molecule has 1 saturated heterocycles. The number of likely N-dealkylation sites (tertiary alicyclic amines) is 1. The van der Waals surface area contributed by atoms with Crippen LogP contribution in [-0.2, 0) is 11.3 Å². The Hall–Kier alpha value is -1.98. The Morgan fingerprint density at radius 3 is 2.83 bits per heavy atom. The number of furan rings is 1. The highest BCUT2D eigenvalue weighted by molar-refractivity contribution is 5.78. The van der Waals surface area contributed by atoms with E-state index in [1.54, 1.807) is 18.4 Å². The van der Waals surface area contributed by atoms with Crippen molar-refractivity contribution in [2.75, 3.05) is 13.1 Å². The number of fused-ring (bicyclic) bond motifs is 1. The van der Waals surface area contributed by atoms with Crippen LogP contribution < -0.4 is 10.6 Å². The quantitative estimate of drug-likeness (QED) is 0.870. The number of carbonyl (C=O) groups is 2. The maximum Gasteiger partial charge on any atom is 0.315 e. The van der Waals surface area contributed by atoms with Crippen LogP contribution in [0.3, 0.4) is 0 Å². The molecule has 2 N–H and O–H groups in total. The lowest BCUT2D eigenvalue weighted by Gasteiger charge is -2.44. The number of nitrogens with one attached hydrogen (secondary N) is 2. The van der Waals surface area contributed by atoms with Gasteiger partial charge in [0.05, 0.1) is 12.8 Å². The summed E-state index contributed by atoms with van der Waals surface area (Å²) in [5.74, 6) is 1.58. The third kappa shape index (κ3) is 4.30. The molecular weight excluding hydrogens is 306 g/mol. The minimum atomic E-state index is -0.270.